The molecule has 0 aromatic carbocycles. The Labute approximate surface area is 137 Å². The molecule has 0 aliphatic rings. The predicted octanol–water partition coefficient (Wildman–Crippen LogP) is 0.839. The van der Waals surface area contributed by atoms with Crippen LogP contribution in [0, 0.1) is 0 Å². The highest BCUT2D eigenvalue weighted by Crippen LogP contribution is 2.19. The SMILES string of the molecule is CCCCC(=O)NC(=O)NCCSSCC(=O)NC(=O)NC. The van der Waals surface area contributed by atoms with Crippen molar-refractivity contribution in [1.82, 2.24) is 21.3 Å². The first-order chi connectivity index (χ1) is 10.5. The van der Waals surface area contributed by atoms with Gasteiger partial charge in [-0.3, -0.25) is 20.2 Å². The molecule has 0 unspecified atom stereocenters. The molecule has 4 N–H and O–H groups in total. The summed E-state index contributed by atoms with van der Waals surface area (Å²) in [6, 6.07) is -1.05. The van der Waals surface area contributed by atoms with E-state index in [1.807, 2.05) is 6.92 Å². The Morgan fingerprint density at radius 1 is 0.955 bits per heavy atom. The summed E-state index contributed by atoms with van der Waals surface area (Å²) in [5.41, 5.74) is 0. The van der Waals surface area contributed by atoms with Gasteiger partial charge >= 0.3 is 12.1 Å². The zero-order valence-corrected chi connectivity index (χ0v) is 14.3. The Hall–Kier alpha value is -1.42. The fourth-order valence-electron chi connectivity index (χ4n) is 1.16. The van der Waals surface area contributed by atoms with Crippen LogP contribution in [-0.4, -0.2) is 49.0 Å². The minimum absolute atomic E-state index is 0.139. The number of nitrogens with one attached hydrogen (secondary N) is 4. The Bertz CT molecular complexity index is 393. The third kappa shape index (κ3) is 12.3. The first-order valence-corrected chi connectivity index (χ1v) is 9.32. The number of carbonyl (C=O) groups is 4. The van der Waals surface area contributed by atoms with Crippen LogP contribution in [0.4, 0.5) is 9.59 Å². The Balaban J connectivity index is 3.53. The molecule has 0 aromatic heterocycles. The molecule has 0 rings (SSSR count). The monoisotopic (exact) mass is 350 g/mol. The molecule has 0 saturated heterocycles. The molecule has 0 aromatic rings. The summed E-state index contributed by atoms with van der Waals surface area (Å²) in [6.45, 7) is 2.35. The third-order valence-corrected chi connectivity index (χ3v) is 4.51. The minimum Gasteiger partial charge on any atom is -0.341 e. The molecule has 0 bridgehead atoms. The topological polar surface area (TPSA) is 116 Å². The lowest BCUT2D eigenvalue weighted by Gasteiger charge is -2.06. The Morgan fingerprint density at radius 3 is 2.27 bits per heavy atom. The van der Waals surface area contributed by atoms with Gasteiger partial charge in [0.05, 0.1) is 5.75 Å². The molecule has 0 aliphatic carbocycles. The minimum atomic E-state index is -0.540. The van der Waals surface area contributed by atoms with Gasteiger partial charge in [0, 0.05) is 25.8 Å². The van der Waals surface area contributed by atoms with Crippen LogP contribution in [0.1, 0.15) is 26.2 Å². The van der Waals surface area contributed by atoms with E-state index in [0.29, 0.717) is 18.7 Å². The third-order valence-electron chi connectivity index (χ3n) is 2.23. The first kappa shape index (κ1) is 20.6. The molecular weight excluding hydrogens is 328 g/mol. The van der Waals surface area contributed by atoms with E-state index < -0.39 is 12.1 Å². The Morgan fingerprint density at radius 2 is 1.64 bits per heavy atom. The van der Waals surface area contributed by atoms with Crippen LogP contribution in [0.25, 0.3) is 0 Å². The number of imide groups is 2. The van der Waals surface area contributed by atoms with Crippen molar-refractivity contribution >= 4 is 45.5 Å². The molecule has 8 nitrogen and oxygen atoms in total. The van der Waals surface area contributed by atoms with Gasteiger partial charge < -0.3 is 10.6 Å². The molecular formula is C12H22N4O4S2. The summed E-state index contributed by atoms with van der Waals surface area (Å²) >= 11 is 0. The van der Waals surface area contributed by atoms with Crippen molar-refractivity contribution in [3.05, 3.63) is 0 Å². The lowest BCUT2D eigenvalue weighted by Crippen LogP contribution is -2.40. The highest BCUT2D eigenvalue weighted by atomic mass is 33.1. The van der Waals surface area contributed by atoms with Crippen LogP contribution >= 0.6 is 21.6 Å². The number of hydrogen-bond donors (Lipinski definition) is 4. The number of amides is 6. The van der Waals surface area contributed by atoms with Gasteiger partial charge in [0.25, 0.3) is 0 Å². The smallest absolute Gasteiger partial charge is 0.321 e. The molecule has 0 fully saturated rings. The number of rotatable bonds is 9. The van der Waals surface area contributed by atoms with E-state index in [-0.39, 0.29) is 17.6 Å². The van der Waals surface area contributed by atoms with Gasteiger partial charge in [-0.25, -0.2) is 9.59 Å². The van der Waals surface area contributed by atoms with Gasteiger partial charge in [-0.05, 0) is 6.42 Å². The van der Waals surface area contributed by atoms with Crippen LogP contribution in [-0.2, 0) is 9.59 Å². The molecule has 0 atom stereocenters. The van der Waals surface area contributed by atoms with E-state index in [1.54, 1.807) is 0 Å². The van der Waals surface area contributed by atoms with Crippen molar-refractivity contribution in [3.63, 3.8) is 0 Å². The normalized spacial score (nSPS) is 9.73. The maximum absolute atomic E-state index is 11.3. The average Bonchev–Trinajstić information content (AvgIpc) is 2.48. The summed E-state index contributed by atoms with van der Waals surface area (Å²) in [5.74, 6) is 0.0465. The summed E-state index contributed by atoms with van der Waals surface area (Å²) in [4.78, 5) is 44.7. The van der Waals surface area contributed by atoms with Crippen molar-refractivity contribution in [2.45, 2.75) is 26.2 Å². The molecule has 0 spiro atoms. The summed E-state index contributed by atoms with van der Waals surface area (Å²) in [6.07, 6.45) is 2.00. The zero-order chi connectivity index (χ0) is 16.8. The lowest BCUT2D eigenvalue weighted by molar-refractivity contribution is -0.120. The molecule has 0 radical (unpaired) electrons. The molecule has 126 valence electrons. The average molecular weight is 350 g/mol. The van der Waals surface area contributed by atoms with E-state index in [4.69, 9.17) is 0 Å². The van der Waals surface area contributed by atoms with Crippen LogP contribution in [0.2, 0.25) is 0 Å². The maximum atomic E-state index is 11.3. The summed E-state index contributed by atoms with van der Waals surface area (Å²) in [5, 5.41) is 9.20. The maximum Gasteiger partial charge on any atom is 0.321 e. The van der Waals surface area contributed by atoms with Gasteiger partial charge in [-0.15, -0.1) is 0 Å². The van der Waals surface area contributed by atoms with Crippen molar-refractivity contribution < 1.29 is 19.2 Å². The first-order valence-electron chi connectivity index (χ1n) is 6.83. The van der Waals surface area contributed by atoms with E-state index >= 15 is 0 Å². The predicted molar refractivity (Wildman–Crippen MR) is 88.6 cm³/mol. The fourth-order valence-corrected chi connectivity index (χ4v) is 2.90. The van der Waals surface area contributed by atoms with Gasteiger partial charge in [0.1, 0.15) is 0 Å². The quantitative estimate of drug-likeness (QED) is 0.362. The van der Waals surface area contributed by atoms with Crippen LogP contribution < -0.4 is 21.3 Å². The molecule has 0 aliphatic heterocycles. The van der Waals surface area contributed by atoms with Crippen molar-refractivity contribution in [2.24, 2.45) is 0 Å². The zero-order valence-electron chi connectivity index (χ0n) is 12.7. The molecule has 6 amide bonds. The van der Waals surface area contributed by atoms with Crippen molar-refractivity contribution in [1.29, 1.82) is 0 Å². The molecule has 22 heavy (non-hydrogen) atoms. The fraction of sp³-hybridized carbons (Fsp3) is 0.667. The van der Waals surface area contributed by atoms with Gasteiger partial charge in [0.15, 0.2) is 0 Å². The van der Waals surface area contributed by atoms with Gasteiger partial charge in [0.2, 0.25) is 11.8 Å². The number of hydrogen-bond acceptors (Lipinski definition) is 6. The van der Waals surface area contributed by atoms with Crippen LogP contribution in [0.15, 0.2) is 0 Å². The summed E-state index contributed by atoms with van der Waals surface area (Å²) < 4.78 is 0. The van der Waals surface area contributed by atoms with E-state index in [1.165, 1.54) is 28.6 Å². The van der Waals surface area contributed by atoms with E-state index in [0.717, 1.165) is 12.8 Å². The number of carbonyl (C=O) groups excluding carboxylic acids is 4. The lowest BCUT2D eigenvalue weighted by atomic mass is 10.2. The largest absolute Gasteiger partial charge is 0.341 e. The van der Waals surface area contributed by atoms with Crippen molar-refractivity contribution in [3.8, 4) is 0 Å². The van der Waals surface area contributed by atoms with E-state index in [2.05, 4.69) is 21.3 Å². The van der Waals surface area contributed by atoms with Crippen molar-refractivity contribution in [2.75, 3.05) is 25.1 Å². The van der Waals surface area contributed by atoms with Crippen LogP contribution in [0.5, 0.6) is 0 Å². The standard InChI is InChI=1S/C12H22N4O4S2/c1-3-4-5-9(17)15-12(20)14-6-7-21-22-8-10(18)16-11(19)13-2/h3-8H2,1-2H3,(H2,13,16,18,19)(H2,14,15,17,20). The molecule has 10 heteroatoms. The second-order valence-electron chi connectivity index (χ2n) is 4.12. The highest BCUT2D eigenvalue weighted by molar-refractivity contribution is 8.76. The van der Waals surface area contributed by atoms with Gasteiger partial charge in [-0.2, -0.15) is 0 Å². The molecule has 0 heterocycles. The second-order valence-corrected chi connectivity index (χ2v) is 6.70. The summed E-state index contributed by atoms with van der Waals surface area (Å²) in [7, 11) is 4.09. The highest BCUT2D eigenvalue weighted by Gasteiger charge is 2.07. The van der Waals surface area contributed by atoms with Crippen LogP contribution in [0.3, 0.4) is 0 Å². The van der Waals surface area contributed by atoms with Gasteiger partial charge in [-0.1, -0.05) is 34.9 Å². The Kier molecular flexibility index (Phi) is 12.4. The number of unbranched alkanes of at least 4 members (excludes halogenated alkanes) is 1. The van der Waals surface area contributed by atoms with E-state index in [9.17, 15) is 19.2 Å². The number of urea groups is 2. The molecule has 0 saturated carbocycles. The second kappa shape index (κ2) is 13.3.